The van der Waals surface area contributed by atoms with Gasteiger partial charge in [0.1, 0.15) is 5.75 Å². The van der Waals surface area contributed by atoms with Crippen molar-refractivity contribution in [3.63, 3.8) is 0 Å². The van der Waals surface area contributed by atoms with Crippen molar-refractivity contribution in [1.29, 1.82) is 0 Å². The number of para-hydroxylation sites is 1. The molecule has 0 spiro atoms. The Labute approximate surface area is 147 Å². The maximum Gasteiger partial charge on any atom is 0.203 e. The molecule has 1 atom stereocenters. The number of ketones is 1. The lowest BCUT2D eigenvalue weighted by Gasteiger charge is -2.33. The Morgan fingerprint density at radius 1 is 0.760 bits per heavy atom. The van der Waals surface area contributed by atoms with Gasteiger partial charge in [-0.05, 0) is 11.6 Å². The summed E-state index contributed by atoms with van der Waals surface area (Å²) in [5, 5.41) is 0. The second kappa shape index (κ2) is 7.32. The van der Waals surface area contributed by atoms with Gasteiger partial charge in [-0.25, -0.2) is 0 Å². The molecule has 25 heavy (non-hydrogen) atoms. The molecule has 0 heterocycles. The first-order valence-corrected chi connectivity index (χ1v) is 8.08. The lowest BCUT2D eigenvalue weighted by molar-refractivity contribution is 0.0213. The van der Waals surface area contributed by atoms with Crippen LogP contribution in [0.3, 0.4) is 0 Å². The maximum atomic E-state index is 13.6. The van der Waals surface area contributed by atoms with Crippen LogP contribution in [0.4, 0.5) is 0 Å². The number of carbonyl (C=O) groups excluding carboxylic acids is 1. The van der Waals surface area contributed by atoms with E-state index >= 15 is 0 Å². The Hall–Kier alpha value is -2.91. The minimum absolute atomic E-state index is 0.133. The molecular weight excluding hydrogens is 312 g/mol. The lowest BCUT2D eigenvalue weighted by Crippen LogP contribution is -2.39. The number of hydrogen-bond donors (Lipinski definition) is 0. The number of benzene rings is 3. The zero-order chi connectivity index (χ0) is 17.7. The Kier molecular flexibility index (Phi) is 4.96. The van der Waals surface area contributed by atoms with Crippen molar-refractivity contribution in [2.45, 2.75) is 5.60 Å². The van der Waals surface area contributed by atoms with Gasteiger partial charge in [-0.1, -0.05) is 78.9 Å². The fourth-order valence-electron chi connectivity index (χ4n) is 3.13. The fourth-order valence-corrected chi connectivity index (χ4v) is 3.13. The summed E-state index contributed by atoms with van der Waals surface area (Å²) < 4.78 is 11.5. The number of hydrogen-bond acceptors (Lipinski definition) is 3. The molecule has 0 fully saturated rings. The van der Waals surface area contributed by atoms with E-state index in [0.717, 1.165) is 5.56 Å². The molecule has 0 aliphatic carbocycles. The molecule has 3 heteroatoms. The van der Waals surface area contributed by atoms with E-state index < -0.39 is 5.60 Å². The zero-order valence-corrected chi connectivity index (χ0v) is 14.3. The Balaban J connectivity index is 2.30. The van der Waals surface area contributed by atoms with Gasteiger partial charge in [0.25, 0.3) is 0 Å². The number of Topliss-reactive ketones (excluding diaryl/α,β-unsaturated/α-hetero) is 1. The van der Waals surface area contributed by atoms with Gasteiger partial charge in [-0.3, -0.25) is 4.79 Å². The molecule has 3 aromatic rings. The van der Waals surface area contributed by atoms with Crippen LogP contribution in [-0.4, -0.2) is 20.0 Å². The summed E-state index contributed by atoms with van der Waals surface area (Å²) in [6, 6.07) is 26.2. The highest BCUT2D eigenvalue weighted by Crippen LogP contribution is 2.41. The molecule has 1 unspecified atom stereocenters. The predicted octanol–water partition coefficient (Wildman–Crippen LogP) is 4.47. The van der Waals surface area contributed by atoms with Crippen LogP contribution in [-0.2, 0) is 10.3 Å². The van der Waals surface area contributed by atoms with Crippen LogP contribution in [0.5, 0.6) is 5.75 Å². The van der Waals surface area contributed by atoms with Crippen molar-refractivity contribution in [3.8, 4) is 5.75 Å². The van der Waals surface area contributed by atoms with E-state index in [4.69, 9.17) is 9.47 Å². The van der Waals surface area contributed by atoms with Crippen molar-refractivity contribution in [1.82, 2.24) is 0 Å². The third-order valence-corrected chi connectivity index (χ3v) is 4.33. The van der Waals surface area contributed by atoms with Crippen LogP contribution in [0.25, 0.3) is 0 Å². The first kappa shape index (κ1) is 16.9. The Morgan fingerprint density at radius 3 is 1.92 bits per heavy atom. The molecule has 0 saturated carbocycles. The van der Waals surface area contributed by atoms with Crippen molar-refractivity contribution < 1.29 is 14.3 Å². The molecule has 3 aromatic carbocycles. The predicted molar refractivity (Wildman–Crippen MR) is 98.0 cm³/mol. The molecule has 0 N–H and O–H groups in total. The topological polar surface area (TPSA) is 35.5 Å². The molecule has 126 valence electrons. The van der Waals surface area contributed by atoms with E-state index in [2.05, 4.69) is 0 Å². The zero-order valence-electron chi connectivity index (χ0n) is 14.3. The number of carbonyl (C=O) groups is 1. The molecule has 0 amide bonds. The molecule has 0 aromatic heterocycles. The standard InChI is InChI=1S/C22H20O3/c1-24-20-16-10-9-15-19(20)22(25-2,18-13-7-4-8-14-18)21(23)17-11-5-3-6-12-17/h3-16H,1-2H3. The quantitative estimate of drug-likeness (QED) is 0.625. The van der Waals surface area contributed by atoms with E-state index in [1.165, 1.54) is 0 Å². The summed E-state index contributed by atoms with van der Waals surface area (Å²) in [6.45, 7) is 0. The van der Waals surface area contributed by atoms with E-state index in [1.54, 1.807) is 26.4 Å². The summed E-state index contributed by atoms with van der Waals surface area (Å²) in [5.41, 5.74) is 0.741. The van der Waals surface area contributed by atoms with Crippen LogP contribution in [0.15, 0.2) is 84.9 Å². The lowest BCUT2D eigenvalue weighted by atomic mass is 9.79. The first-order valence-electron chi connectivity index (χ1n) is 8.08. The molecule has 0 bridgehead atoms. The van der Waals surface area contributed by atoms with Crippen LogP contribution >= 0.6 is 0 Å². The summed E-state index contributed by atoms with van der Waals surface area (Å²) in [4.78, 5) is 13.6. The third-order valence-electron chi connectivity index (χ3n) is 4.33. The van der Waals surface area contributed by atoms with Crippen molar-refractivity contribution in [3.05, 3.63) is 102 Å². The summed E-state index contributed by atoms with van der Waals surface area (Å²) in [6.07, 6.45) is 0. The van der Waals surface area contributed by atoms with Crippen molar-refractivity contribution in [2.24, 2.45) is 0 Å². The van der Waals surface area contributed by atoms with Gasteiger partial charge in [0, 0.05) is 18.2 Å². The van der Waals surface area contributed by atoms with Gasteiger partial charge < -0.3 is 9.47 Å². The molecular formula is C22H20O3. The van der Waals surface area contributed by atoms with Gasteiger partial charge in [0.05, 0.1) is 7.11 Å². The highest BCUT2D eigenvalue weighted by atomic mass is 16.5. The van der Waals surface area contributed by atoms with Gasteiger partial charge in [0.2, 0.25) is 5.78 Å². The summed E-state index contributed by atoms with van der Waals surface area (Å²) in [7, 11) is 3.15. The summed E-state index contributed by atoms with van der Waals surface area (Å²) in [5.74, 6) is 0.476. The third kappa shape index (κ3) is 2.94. The highest BCUT2D eigenvalue weighted by Gasteiger charge is 2.44. The van der Waals surface area contributed by atoms with Crippen LogP contribution < -0.4 is 4.74 Å². The highest BCUT2D eigenvalue weighted by molar-refractivity contribution is 6.05. The number of methoxy groups -OCH3 is 2. The molecule has 0 aliphatic heterocycles. The summed E-state index contributed by atoms with van der Waals surface area (Å²) >= 11 is 0. The number of rotatable bonds is 6. The largest absolute Gasteiger partial charge is 0.496 e. The normalized spacial score (nSPS) is 13.0. The average molecular weight is 332 g/mol. The van der Waals surface area contributed by atoms with Crippen LogP contribution in [0.2, 0.25) is 0 Å². The monoisotopic (exact) mass is 332 g/mol. The van der Waals surface area contributed by atoms with E-state index in [1.807, 2.05) is 72.8 Å². The molecule has 0 saturated heterocycles. The Morgan fingerprint density at radius 2 is 1.32 bits per heavy atom. The second-order valence-electron chi connectivity index (χ2n) is 5.65. The number of ether oxygens (including phenoxy) is 2. The molecule has 0 aliphatic rings. The first-order chi connectivity index (χ1) is 12.2. The Bertz CT molecular complexity index is 843. The maximum absolute atomic E-state index is 13.6. The van der Waals surface area contributed by atoms with Gasteiger partial charge >= 0.3 is 0 Å². The van der Waals surface area contributed by atoms with Gasteiger partial charge in [-0.2, -0.15) is 0 Å². The van der Waals surface area contributed by atoms with Crippen LogP contribution in [0, 0.1) is 0 Å². The minimum atomic E-state index is -1.28. The van der Waals surface area contributed by atoms with Crippen LogP contribution in [0.1, 0.15) is 21.5 Å². The smallest absolute Gasteiger partial charge is 0.203 e. The minimum Gasteiger partial charge on any atom is -0.496 e. The van der Waals surface area contributed by atoms with Gasteiger partial charge in [-0.15, -0.1) is 0 Å². The SMILES string of the molecule is COc1ccccc1C(OC)(C(=O)c1ccccc1)c1ccccc1. The van der Waals surface area contributed by atoms with Crippen molar-refractivity contribution in [2.75, 3.05) is 14.2 Å². The second-order valence-corrected chi connectivity index (χ2v) is 5.65. The fraction of sp³-hybridized carbons (Fsp3) is 0.136. The molecule has 0 radical (unpaired) electrons. The van der Waals surface area contributed by atoms with E-state index in [9.17, 15) is 4.79 Å². The van der Waals surface area contributed by atoms with E-state index in [0.29, 0.717) is 16.9 Å². The molecule has 3 nitrogen and oxygen atoms in total. The van der Waals surface area contributed by atoms with Crippen molar-refractivity contribution >= 4 is 5.78 Å². The molecule has 3 rings (SSSR count). The van der Waals surface area contributed by atoms with E-state index in [-0.39, 0.29) is 5.78 Å². The average Bonchev–Trinajstić information content (AvgIpc) is 2.70. The van der Waals surface area contributed by atoms with Gasteiger partial charge in [0.15, 0.2) is 5.60 Å².